The average molecular weight is 260 g/mol. The van der Waals surface area contributed by atoms with E-state index in [-0.39, 0.29) is 12.5 Å². The highest BCUT2D eigenvalue weighted by atomic mass is 16.4. The van der Waals surface area contributed by atoms with Crippen molar-refractivity contribution in [3.8, 4) is 12.3 Å². The molecule has 0 aliphatic heterocycles. The molecule has 0 saturated carbocycles. The molecule has 0 heterocycles. The largest absolute Gasteiger partial charge is 0.481 e. The number of anilines is 1. The average Bonchev–Trinajstić information content (AvgIpc) is 2.38. The summed E-state index contributed by atoms with van der Waals surface area (Å²) in [5, 5.41) is 14.0. The van der Waals surface area contributed by atoms with Crippen LogP contribution in [0.3, 0.4) is 0 Å². The molecule has 2 amide bonds. The van der Waals surface area contributed by atoms with Gasteiger partial charge in [0.15, 0.2) is 0 Å². The predicted molar refractivity (Wildman–Crippen MR) is 72.9 cm³/mol. The first kappa shape index (κ1) is 14.6. The van der Waals surface area contributed by atoms with Crippen molar-refractivity contribution in [2.75, 3.05) is 11.9 Å². The SMILES string of the molecule is C#CCCNC(=O)Nc1ccccc1CCC(=O)O. The van der Waals surface area contributed by atoms with Crippen molar-refractivity contribution in [3.63, 3.8) is 0 Å². The third-order valence-electron chi connectivity index (χ3n) is 2.43. The van der Waals surface area contributed by atoms with Crippen molar-refractivity contribution in [3.05, 3.63) is 29.8 Å². The fraction of sp³-hybridized carbons (Fsp3) is 0.286. The molecule has 0 bridgehead atoms. The second-order valence-corrected chi connectivity index (χ2v) is 3.89. The third kappa shape index (κ3) is 5.59. The van der Waals surface area contributed by atoms with E-state index in [1.165, 1.54) is 0 Å². The summed E-state index contributed by atoms with van der Waals surface area (Å²) in [5.41, 5.74) is 1.40. The monoisotopic (exact) mass is 260 g/mol. The number of hydrogen-bond acceptors (Lipinski definition) is 2. The number of aryl methyl sites for hydroxylation is 1. The molecule has 1 rings (SSSR count). The molecule has 0 saturated heterocycles. The fourth-order valence-corrected chi connectivity index (χ4v) is 1.52. The maximum absolute atomic E-state index is 11.6. The molecule has 0 aliphatic rings. The first-order valence-electron chi connectivity index (χ1n) is 5.91. The molecule has 0 aromatic heterocycles. The Morgan fingerprint density at radius 3 is 2.74 bits per heavy atom. The van der Waals surface area contributed by atoms with Gasteiger partial charge in [0.25, 0.3) is 0 Å². The molecule has 5 nitrogen and oxygen atoms in total. The zero-order chi connectivity index (χ0) is 14.1. The van der Waals surface area contributed by atoms with Crippen LogP contribution < -0.4 is 10.6 Å². The van der Waals surface area contributed by atoms with Gasteiger partial charge >= 0.3 is 12.0 Å². The van der Waals surface area contributed by atoms with Gasteiger partial charge in [-0.05, 0) is 18.1 Å². The van der Waals surface area contributed by atoms with Crippen molar-refractivity contribution in [2.24, 2.45) is 0 Å². The van der Waals surface area contributed by atoms with Crippen molar-refractivity contribution in [2.45, 2.75) is 19.3 Å². The van der Waals surface area contributed by atoms with Crippen LogP contribution in [-0.4, -0.2) is 23.7 Å². The van der Waals surface area contributed by atoms with Gasteiger partial charge < -0.3 is 15.7 Å². The Hall–Kier alpha value is -2.48. The van der Waals surface area contributed by atoms with Crippen molar-refractivity contribution in [1.82, 2.24) is 5.32 Å². The molecule has 0 fully saturated rings. The zero-order valence-electron chi connectivity index (χ0n) is 10.5. The normalized spacial score (nSPS) is 9.42. The standard InChI is InChI=1S/C14H16N2O3/c1-2-3-10-15-14(19)16-12-7-5-4-6-11(12)8-9-13(17)18/h1,4-7H,3,8-10H2,(H,17,18)(H2,15,16,19). The molecule has 1 aromatic carbocycles. The number of carbonyl (C=O) groups is 2. The minimum Gasteiger partial charge on any atom is -0.481 e. The molecule has 3 N–H and O–H groups in total. The Balaban J connectivity index is 2.59. The molecule has 0 atom stereocenters. The fourth-order valence-electron chi connectivity index (χ4n) is 1.52. The highest BCUT2D eigenvalue weighted by molar-refractivity contribution is 5.90. The molecule has 5 heteroatoms. The van der Waals surface area contributed by atoms with Crippen molar-refractivity contribution >= 4 is 17.7 Å². The number of nitrogens with one attached hydrogen (secondary N) is 2. The van der Waals surface area contributed by atoms with E-state index in [1.54, 1.807) is 24.3 Å². The number of terminal acetylenes is 1. The smallest absolute Gasteiger partial charge is 0.319 e. The maximum Gasteiger partial charge on any atom is 0.319 e. The number of amides is 2. The second-order valence-electron chi connectivity index (χ2n) is 3.89. The van der Waals surface area contributed by atoms with Crippen LogP contribution in [0.2, 0.25) is 0 Å². The third-order valence-corrected chi connectivity index (χ3v) is 2.43. The minimum absolute atomic E-state index is 0.0252. The first-order valence-corrected chi connectivity index (χ1v) is 5.91. The summed E-state index contributed by atoms with van der Waals surface area (Å²) >= 11 is 0. The Morgan fingerprint density at radius 2 is 2.05 bits per heavy atom. The van der Waals surface area contributed by atoms with Crippen LogP contribution in [-0.2, 0) is 11.2 Å². The Morgan fingerprint density at radius 1 is 1.32 bits per heavy atom. The molecular weight excluding hydrogens is 244 g/mol. The van der Waals surface area contributed by atoms with Gasteiger partial charge in [-0.3, -0.25) is 4.79 Å². The molecule has 0 spiro atoms. The number of carbonyl (C=O) groups excluding carboxylic acids is 1. The lowest BCUT2D eigenvalue weighted by molar-refractivity contribution is -0.136. The van der Waals surface area contributed by atoms with Gasteiger partial charge in [0, 0.05) is 25.1 Å². The van der Waals surface area contributed by atoms with Crippen molar-refractivity contribution in [1.29, 1.82) is 0 Å². The Labute approximate surface area is 112 Å². The van der Waals surface area contributed by atoms with E-state index in [4.69, 9.17) is 11.5 Å². The van der Waals surface area contributed by atoms with E-state index in [1.807, 2.05) is 0 Å². The summed E-state index contributed by atoms with van der Waals surface area (Å²) in [5.74, 6) is 1.56. The topological polar surface area (TPSA) is 78.4 Å². The van der Waals surface area contributed by atoms with Gasteiger partial charge in [-0.1, -0.05) is 18.2 Å². The van der Waals surface area contributed by atoms with Crippen LogP contribution in [0.4, 0.5) is 10.5 Å². The van der Waals surface area contributed by atoms with E-state index in [0.717, 1.165) is 5.56 Å². The maximum atomic E-state index is 11.6. The summed E-state index contributed by atoms with van der Waals surface area (Å²) in [6.45, 7) is 0.402. The first-order chi connectivity index (χ1) is 9.13. The van der Waals surface area contributed by atoms with Gasteiger partial charge in [0.2, 0.25) is 0 Å². The Bertz CT molecular complexity index is 492. The molecule has 0 aliphatic carbocycles. The van der Waals surface area contributed by atoms with Gasteiger partial charge in [-0.25, -0.2) is 4.79 Å². The van der Waals surface area contributed by atoms with E-state index < -0.39 is 5.97 Å². The highest BCUT2D eigenvalue weighted by Crippen LogP contribution is 2.16. The number of para-hydroxylation sites is 1. The number of carboxylic acids is 1. The summed E-state index contributed by atoms with van der Waals surface area (Å²) < 4.78 is 0. The predicted octanol–water partition coefficient (Wildman–Crippen LogP) is 1.85. The van der Waals surface area contributed by atoms with E-state index >= 15 is 0 Å². The lowest BCUT2D eigenvalue weighted by Gasteiger charge is -2.10. The van der Waals surface area contributed by atoms with Crippen LogP contribution >= 0.6 is 0 Å². The molecule has 0 unspecified atom stereocenters. The van der Waals surface area contributed by atoms with E-state index in [0.29, 0.717) is 25.1 Å². The summed E-state index contributed by atoms with van der Waals surface area (Å²) in [4.78, 5) is 22.1. The van der Waals surface area contributed by atoms with Crippen LogP contribution in [0.15, 0.2) is 24.3 Å². The zero-order valence-corrected chi connectivity index (χ0v) is 10.5. The number of rotatable bonds is 6. The Kier molecular flexibility index (Phi) is 5.96. The summed E-state index contributed by atoms with van der Waals surface area (Å²) in [7, 11) is 0. The van der Waals surface area contributed by atoms with Crippen LogP contribution in [0.1, 0.15) is 18.4 Å². The van der Waals surface area contributed by atoms with Crippen LogP contribution in [0.5, 0.6) is 0 Å². The number of benzene rings is 1. The molecule has 1 aromatic rings. The number of urea groups is 1. The van der Waals surface area contributed by atoms with E-state index in [2.05, 4.69) is 16.6 Å². The molecular formula is C14H16N2O3. The van der Waals surface area contributed by atoms with Crippen molar-refractivity contribution < 1.29 is 14.7 Å². The quantitative estimate of drug-likeness (QED) is 0.539. The lowest BCUT2D eigenvalue weighted by Crippen LogP contribution is -2.29. The molecule has 19 heavy (non-hydrogen) atoms. The number of hydrogen-bond donors (Lipinski definition) is 3. The number of aliphatic carboxylic acids is 1. The second kappa shape index (κ2) is 7.77. The van der Waals surface area contributed by atoms with Gasteiger partial charge in [-0.15, -0.1) is 12.3 Å². The van der Waals surface area contributed by atoms with Crippen LogP contribution in [0.25, 0.3) is 0 Å². The summed E-state index contributed by atoms with van der Waals surface area (Å²) in [6, 6.07) is 6.76. The van der Waals surface area contributed by atoms with Gasteiger partial charge in [0.05, 0.1) is 0 Å². The molecule has 0 radical (unpaired) electrons. The lowest BCUT2D eigenvalue weighted by atomic mass is 10.1. The highest BCUT2D eigenvalue weighted by Gasteiger charge is 2.07. The van der Waals surface area contributed by atoms with Gasteiger partial charge in [-0.2, -0.15) is 0 Å². The number of carboxylic acid groups (broad SMARTS) is 1. The summed E-state index contributed by atoms with van der Waals surface area (Å²) in [6.07, 6.45) is 5.94. The molecule has 100 valence electrons. The van der Waals surface area contributed by atoms with Gasteiger partial charge in [0.1, 0.15) is 0 Å². The minimum atomic E-state index is -0.867. The van der Waals surface area contributed by atoms with Crippen LogP contribution in [0, 0.1) is 12.3 Å². The van der Waals surface area contributed by atoms with E-state index in [9.17, 15) is 9.59 Å².